The van der Waals surface area contributed by atoms with Gasteiger partial charge in [0.25, 0.3) is 0 Å². The SMILES string of the molecule is COC(=O)C1=CN(C(C)C)C=C(C(=O)OC)C1c1cc(OC)c(OC)c(OC)c1. The number of methoxy groups -OCH3 is 5. The van der Waals surface area contributed by atoms with E-state index in [1.807, 2.05) is 13.8 Å². The molecule has 0 unspecified atom stereocenters. The highest BCUT2D eigenvalue weighted by Gasteiger charge is 2.36. The molecule has 0 atom stereocenters. The molecule has 8 heteroatoms. The molecule has 0 aliphatic carbocycles. The van der Waals surface area contributed by atoms with Gasteiger partial charge in [-0.15, -0.1) is 0 Å². The molecule has 0 aromatic heterocycles. The lowest BCUT2D eigenvalue weighted by molar-refractivity contribution is -0.137. The molecule has 0 saturated carbocycles. The summed E-state index contributed by atoms with van der Waals surface area (Å²) in [5.74, 6) is -0.625. The molecule has 29 heavy (non-hydrogen) atoms. The number of carbonyl (C=O) groups excluding carboxylic acids is 2. The van der Waals surface area contributed by atoms with E-state index in [0.717, 1.165) is 0 Å². The molecule has 0 saturated heterocycles. The minimum absolute atomic E-state index is 0.00945. The molecule has 1 aliphatic rings. The first kappa shape index (κ1) is 22.1. The van der Waals surface area contributed by atoms with Crippen LogP contribution in [0.25, 0.3) is 0 Å². The van der Waals surface area contributed by atoms with Crippen molar-refractivity contribution in [3.05, 3.63) is 41.2 Å². The number of nitrogens with zero attached hydrogens (tertiary/aromatic N) is 1. The summed E-state index contributed by atoms with van der Waals surface area (Å²) in [6.07, 6.45) is 3.35. The molecular formula is C21H27NO7. The highest BCUT2D eigenvalue weighted by Crippen LogP contribution is 2.45. The Morgan fingerprint density at radius 2 is 1.28 bits per heavy atom. The fourth-order valence-corrected chi connectivity index (χ4v) is 3.18. The van der Waals surface area contributed by atoms with Crippen LogP contribution in [-0.2, 0) is 19.1 Å². The van der Waals surface area contributed by atoms with Crippen molar-refractivity contribution in [3.63, 3.8) is 0 Å². The fourth-order valence-electron chi connectivity index (χ4n) is 3.18. The van der Waals surface area contributed by atoms with Crippen LogP contribution in [0.4, 0.5) is 0 Å². The van der Waals surface area contributed by atoms with Crippen LogP contribution >= 0.6 is 0 Å². The number of ether oxygens (including phenoxy) is 5. The monoisotopic (exact) mass is 405 g/mol. The van der Waals surface area contributed by atoms with Gasteiger partial charge in [-0.3, -0.25) is 0 Å². The number of rotatable bonds is 7. The maximum atomic E-state index is 12.6. The predicted molar refractivity (Wildman–Crippen MR) is 106 cm³/mol. The van der Waals surface area contributed by atoms with Gasteiger partial charge in [0.15, 0.2) is 11.5 Å². The summed E-state index contributed by atoms with van der Waals surface area (Å²) in [5.41, 5.74) is 1.17. The van der Waals surface area contributed by atoms with Gasteiger partial charge in [0.1, 0.15) is 0 Å². The summed E-state index contributed by atoms with van der Waals surface area (Å²) >= 11 is 0. The highest BCUT2D eigenvalue weighted by molar-refractivity contribution is 5.98. The first-order chi connectivity index (χ1) is 13.8. The molecule has 1 aliphatic heterocycles. The third-order valence-corrected chi connectivity index (χ3v) is 4.66. The van der Waals surface area contributed by atoms with E-state index < -0.39 is 17.9 Å². The Bertz CT molecular complexity index is 782. The number of hydrogen-bond donors (Lipinski definition) is 0. The van der Waals surface area contributed by atoms with E-state index in [1.165, 1.54) is 35.5 Å². The smallest absolute Gasteiger partial charge is 0.336 e. The molecule has 1 heterocycles. The second kappa shape index (κ2) is 9.36. The minimum atomic E-state index is -0.737. The number of benzene rings is 1. The van der Waals surface area contributed by atoms with Crippen molar-refractivity contribution in [2.75, 3.05) is 35.5 Å². The predicted octanol–water partition coefficient (Wildman–Crippen LogP) is 2.63. The van der Waals surface area contributed by atoms with Crippen LogP contribution in [-0.4, -0.2) is 58.4 Å². The molecule has 0 spiro atoms. The molecule has 0 radical (unpaired) electrons. The third kappa shape index (κ3) is 4.31. The third-order valence-electron chi connectivity index (χ3n) is 4.66. The van der Waals surface area contributed by atoms with Gasteiger partial charge in [0, 0.05) is 18.4 Å². The van der Waals surface area contributed by atoms with Crippen molar-refractivity contribution < 1.29 is 33.3 Å². The molecule has 0 amide bonds. The molecule has 1 aromatic carbocycles. The molecule has 158 valence electrons. The topological polar surface area (TPSA) is 83.5 Å². The standard InChI is InChI=1S/C21H27NO7/c1-12(2)22-10-14(20(23)28-6)18(15(11-22)21(24)29-7)13-8-16(25-3)19(27-5)17(9-13)26-4/h8-12,18H,1-7H3. The van der Waals surface area contributed by atoms with Crippen molar-refractivity contribution in [2.24, 2.45) is 0 Å². The summed E-state index contributed by atoms with van der Waals surface area (Å²) in [6.45, 7) is 3.88. The normalized spacial score (nSPS) is 14.1. The Hall–Kier alpha value is -3.16. The Morgan fingerprint density at radius 3 is 1.59 bits per heavy atom. The minimum Gasteiger partial charge on any atom is -0.493 e. The van der Waals surface area contributed by atoms with Crippen molar-refractivity contribution in [3.8, 4) is 17.2 Å². The number of hydrogen-bond acceptors (Lipinski definition) is 8. The van der Waals surface area contributed by atoms with E-state index in [9.17, 15) is 9.59 Å². The van der Waals surface area contributed by atoms with E-state index in [1.54, 1.807) is 29.4 Å². The molecule has 1 aromatic rings. The van der Waals surface area contributed by atoms with Gasteiger partial charge in [-0.25, -0.2) is 9.59 Å². The first-order valence-electron chi connectivity index (χ1n) is 9.00. The van der Waals surface area contributed by atoms with Gasteiger partial charge in [0.2, 0.25) is 5.75 Å². The Morgan fingerprint density at radius 1 is 0.828 bits per heavy atom. The zero-order valence-corrected chi connectivity index (χ0v) is 17.8. The van der Waals surface area contributed by atoms with Crippen LogP contribution in [0.5, 0.6) is 17.2 Å². The molecule has 0 bridgehead atoms. The maximum absolute atomic E-state index is 12.6. The van der Waals surface area contributed by atoms with Crippen LogP contribution in [0.1, 0.15) is 25.3 Å². The Labute approximate surface area is 170 Å². The number of esters is 2. The average molecular weight is 405 g/mol. The second-order valence-electron chi connectivity index (χ2n) is 6.58. The zero-order valence-electron chi connectivity index (χ0n) is 17.8. The molecular weight excluding hydrogens is 378 g/mol. The lowest BCUT2D eigenvalue weighted by atomic mass is 9.82. The van der Waals surface area contributed by atoms with Gasteiger partial charge in [-0.05, 0) is 31.5 Å². The van der Waals surface area contributed by atoms with Gasteiger partial charge >= 0.3 is 11.9 Å². The van der Waals surface area contributed by atoms with Crippen LogP contribution < -0.4 is 14.2 Å². The Kier molecular flexibility index (Phi) is 7.14. The summed E-state index contributed by atoms with van der Waals surface area (Å²) in [6, 6.07) is 3.41. The van der Waals surface area contributed by atoms with E-state index >= 15 is 0 Å². The molecule has 0 fully saturated rings. The van der Waals surface area contributed by atoms with E-state index in [4.69, 9.17) is 23.7 Å². The zero-order chi connectivity index (χ0) is 21.7. The summed E-state index contributed by atoms with van der Waals surface area (Å²) in [5, 5.41) is 0. The van der Waals surface area contributed by atoms with Crippen molar-refractivity contribution in [1.82, 2.24) is 4.90 Å². The quantitative estimate of drug-likeness (QED) is 0.640. The molecule has 8 nitrogen and oxygen atoms in total. The van der Waals surface area contributed by atoms with Crippen LogP contribution in [0.3, 0.4) is 0 Å². The summed E-state index contributed by atoms with van der Waals surface area (Å²) < 4.78 is 26.2. The van der Waals surface area contributed by atoms with Crippen molar-refractivity contribution in [1.29, 1.82) is 0 Å². The van der Waals surface area contributed by atoms with Gasteiger partial charge in [-0.1, -0.05) is 0 Å². The molecule has 0 N–H and O–H groups in total. The lowest BCUT2D eigenvalue weighted by Crippen LogP contribution is -2.31. The fraction of sp³-hybridized carbons (Fsp3) is 0.429. The summed E-state index contributed by atoms with van der Waals surface area (Å²) in [4.78, 5) is 27.0. The molecule has 2 rings (SSSR count). The van der Waals surface area contributed by atoms with Crippen LogP contribution in [0.15, 0.2) is 35.7 Å². The summed E-state index contributed by atoms with van der Waals surface area (Å²) in [7, 11) is 7.09. The van der Waals surface area contributed by atoms with Crippen molar-refractivity contribution >= 4 is 11.9 Å². The Balaban J connectivity index is 2.76. The lowest BCUT2D eigenvalue weighted by Gasteiger charge is -2.32. The van der Waals surface area contributed by atoms with Gasteiger partial charge < -0.3 is 28.6 Å². The van der Waals surface area contributed by atoms with Crippen molar-refractivity contribution in [2.45, 2.75) is 25.8 Å². The largest absolute Gasteiger partial charge is 0.493 e. The highest BCUT2D eigenvalue weighted by atomic mass is 16.5. The van der Waals surface area contributed by atoms with Crippen LogP contribution in [0.2, 0.25) is 0 Å². The number of carbonyl (C=O) groups is 2. The second-order valence-corrected chi connectivity index (χ2v) is 6.58. The van der Waals surface area contributed by atoms with Gasteiger partial charge in [-0.2, -0.15) is 0 Å². The van der Waals surface area contributed by atoms with Crippen LogP contribution in [0, 0.1) is 0 Å². The van der Waals surface area contributed by atoms with E-state index in [-0.39, 0.29) is 6.04 Å². The van der Waals surface area contributed by atoms with E-state index in [2.05, 4.69) is 0 Å². The van der Waals surface area contributed by atoms with Gasteiger partial charge in [0.05, 0.1) is 52.6 Å². The maximum Gasteiger partial charge on any atom is 0.336 e. The first-order valence-corrected chi connectivity index (χ1v) is 9.00. The average Bonchev–Trinajstić information content (AvgIpc) is 2.75. The van der Waals surface area contributed by atoms with E-state index in [0.29, 0.717) is 34.0 Å².